The van der Waals surface area contributed by atoms with Gasteiger partial charge in [-0.15, -0.1) is 0 Å². The SMILES string of the molecule is CC(C)NC(=O)C=CC(=O)Nc1nc2cc(N(C)C(=O)c3ccccc3)ccc2n1CCCN1CCCC1=O. The Hall–Kier alpha value is -4.47. The third kappa shape index (κ3) is 6.90. The molecule has 0 atom stereocenters. The Morgan fingerprint density at radius 1 is 1.05 bits per heavy atom. The Balaban J connectivity index is 1.57. The summed E-state index contributed by atoms with van der Waals surface area (Å²) in [5, 5.41) is 5.48. The predicted octanol–water partition coefficient (Wildman–Crippen LogP) is 3.34. The van der Waals surface area contributed by atoms with Crippen LogP contribution in [0.5, 0.6) is 0 Å². The van der Waals surface area contributed by atoms with E-state index in [-0.39, 0.29) is 23.8 Å². The van der Waals surface area contributed by atoms with Crippen molar-refractivity contribution < 1.29 is 19.2 Å². The first-order valence-electron chi connectivity index (χ1n) is 13.1. The van der Waals surface area contributed by atoms with E-state index in [1.807, 2.05) is 53.6 Å². The molecule has 3 aromatic rings. The van der Waals surface area contributed by atoms with Gasteiger partial charge in [0.25, 0.3) is 11.8 Å². The number of carbonyl (C=O) groups excluding carboxylic acids is 4. The van der Waals surface area contributed by atoms with Gasteiger partial charge >= 0.3 is 0 Å². The summed E-state index contributed by atoms with van der Waals surface area (Å²) in [4.78, 5) is 57.6. The maximum absolute atomic E-state index is 13.0. The molecule has 2 heterocycles. The van der Waals surface area contributed by atoms with Gasteiger partial charge in [0.15, 0.2) is 0 Å². The molecule has 1 aliphatic heterocycles. The van der Waals surface area contributed by atoms with Crippen LogP contribution in [0, 0.1) is 0 Å². The minimum Gasteiger partial charge on any atom is -0.350 e. The molecule has 4 amide bonds. The summed E-state index contributed by atoms with van der Waals surface area (Å²) >= 11 is 0. The molecule has 10 heteroatoms. The second kappa shape index (κ2) is 12.4. The summed E-state index contributed by atoms with van der Waals surface area (Å²) in [6.07, 6.45) is 4.50. The van der Waals surface area contributed by atoms with E-state index in [1.54, 1.807) is 30.1 Å². The lowest BCUT2D eigenvalue weighted by Crippen LogP contribution is -2.28. The van der Waals surface area contributed by atoms with E-state index in [9.17, 15) is 19.2 Å². The molecule has 2 aromatic carbocycles. The van der Waals surface area contributed by atoms with Crippen molar-refractivity contribution in [2.75, 3.05) is 30.4 Å². The third-order valence-electron chi connectivity index (χ3n) is 6.48. The summed E-state index contributed by atoms with van der Waals surface area (Å²) in [6.45, 7) is 5.58. The normalized spacial score (nSPS) is 13.4. The fraction of sp³-hybridized carbons (Fsp3) is 0.345. The van der Waals surface area contributed by atoms with Gasteiger partial charge in [-0.25, -0.2) is 4.98 Å². The molecular weight excluding hydrogens is 496 g/mol. The lowest BCUT2D eigenvalue weighted by molar-refractivity contribution is -0.127. The molecule has 0 spiro atoms. The van der Waals surface area contributed by atoms with Gasteiger partial charge in [0.2, 0.25) is 17.8 Å². The highest BCUT2D eigenvalue weighted by Gasteiger charge is 2.21. The van der Waals surface area contributed by atoms with E-state index in [0.717, 1.165) is 18.5 Å². The van der Waals surface area contributed by atoms with Gasteiger partial charge in [-0.3, -0.25) is 24.5 Å². The molecule has 1 aromatic heterocycles. The maximum atomic E-state index is 13.0. The zero-order valence-electron chi connectivity index (χ0n) is 22.5. The molecule has 0 radical (unpaired) electrons. The number of anilines is 2. The van der Waals surface area contributed by atoms with E-state index in [4.69, 9.17) is 0 Å². The number of rotatable bonds is 10. The maximum Gasteiger partial charge on any atom is 0.258 e. The molecule has 204 valence electrons. The van der Waals surface area contributed by atoms with Gasteiger partial charge in [0, 0.05) is 62.5 Å². The van der Waals surface area contributed by atoms with Crippen molar-refractivity contribution in [3.05, 3.63) is 66.2 Å². The molecule has 0 aliphatic carbocycles. The van der Waals surface area contributed by atoms with Crippen LogP contribution in [0.15, 0.2) is 60.7 Å². The molecule has 2 N–H and O–H groups in total. The van der Waals surface area contributed by atoms with Crippen LogP contribution in [0.4, 0.5) is 11.6 Å². The Morgan fingerprint density at radius 2 is 1.79 bits per heavy atom. The standard InChI is InChI=1S/C29H34N6O4/c1-20(2)30-25(36)14-15-26(37)32-29-31-23-19-22(33(3)28(39)21-9-5-4-6-10-21)12-13-24(23)35(29)18-8-17-34-16-7-11-27(34)38/h4-6,9-10,12-15,19-20H,7-8,11,16-18H2,1-3H3,(H,30,36)(H,31,32,37). The number of fused-ring (bicyclic) bond motifs is 1. The minimum atomic E-state index is -0.489. The van der Waals surface area contributed by atoms with Crippen molar-refractivity contribution in [2.45, 2.75) is 45.7 Å². The third-order valence-corrected chi connectivity index (χ3v) is 6.48. The van der Waals surface area contributed by atoms with E-state index in [0.29, 0.717) is 48.6 Å². The zero-order valence-corrected chi connectivity index (χ0v) is 22.5. The zero-order chi connectivity index (χ0) is 27.9. The van der Waals surface area contributed by atoms with E-state index < -0.39 is 5.91 Å². The number of aryl methyl sites for hydroxylation is 1. The predicted molar refractivity (Wildman–Crippen MR) is 150 cm³/mol. The lowest BCUT2D eigenvalue weighted by Gasteiger charge is -2.18. The molecule has 1 aliphatic rings. The second-order valence-corrected chi connectivity index (χ2v) is 9.81. The quantitative estimate of drug-likeness (QED) is 0.390. The van der Waals surface area contributed by atoms with Crippen molar-refractivity contribution in [1.29, 1.82) is 0 Å². The monoisotopic (exact) mass is 530 g/mol. The summed E-state index contributed by atoms with van der Waals surface area (Å²) in [7, 11) is 1.70. The Morgan fingerprint density at radius 3 is 2.49 bits per heavy atom. The van der Waals surface area contributed by atoms with Crippen LogP contribution >= 0.6 is 0 Å². The van der Waals surface area contributed by atoms with Crippen LogP contribution in [-0.4, -0.2) is 64.3 Å². The summed E-state index contributed by atoms with van der Waals surface area (Å²) in [5.74, 6) is -0.509. The number of hydrogen-bond donors (Lipinski definition) is 2. The number of likely N-dealkylation sites (tertiary alicyclic amines) is 1. The van der Waals surface area contributed by atoms with Gasteiger partial charge in [-0.1, -0.05) is 18.2 Å². The molecule has 10 nitrogen and oxygen atoms in total. The average Bonchev–Trinajstić information content (AvgIpc) is 3.48. The molecule has 4 rings (SSSR count). The van der Waals surface area contributed by atoms with Crippen LogP contribution in [0.3, 0.4) is 0 Å². The van der Waals surface area contributed by atoms with Crippen molar-refractivity contribution in [3.63, 3.8) is 0 Å². The molecule has 0 bridgehead atoms. The van der Waals surface area contributed by atoms with Crippen LogP contribution in [0.25, 0.3) is 11.0 Å². The van der Waals surface area contributed by atoms with Crippen LogP contribution < -0.4 is 15.5 Å². The lowest BCUT2D eigenvalue weighted by atomic mass is 10.2. The topological polar surface area (TPSA) is 117 Å². The number of nitrogens with one attached hydrogen (secondary N) is 2. The van der Waals surface area contributed by atoms with E-state index in [1.165, 1.54) is 12.2 Å². The van der Waals surface area contributed by atoms with E-state index >= 15 is 0 Å². The molecule has 0 saturated carbocycles. The fourth-order valence-electron chi connectivity index (χ4n) is 4.54. The number of benzene rings is 2. The Kier molecular flexibility index (Phi) is 8.75. The highest BCUT2D eigenvalue weighted by molar-refractivity contribution is 6.07. The molecule has 0 unspecified atom stereocenters. The highest BCUT2D eigenvalue weighted by atomic mass is 16.2. The van der Waals surface area contributed by atoms with Gasteiger partial charge in [-0.05, 0) is 57.0 Å². The van der Waals surface area contributed by atoms with Crippen LogP contribution in [0.2, 0.25) is 0 Å². The minimum absolute atomic E-state index is 0.0435. The summed E-state index contributed by atoms with van der Waals surface area (Å²) < 4.78 is 1.89. The van der Waals surface area contributed by atoms with Gasteiger partial charge in [-0.2, -0.15) is 0 Å². The number of nitrogens with zero attached hydrogens (tertiary/aromatic N) is 4. The second-order valence-electron chi connectivity index (χ2n) is 9.81. The van der Waals surface area contributed by atoms with E-state index in [2.05, 4.69) is 15.6 Å². The Bertz CT molecular complexity index is 1400. The number of imidazole rings is 1. The summed E-state index contributed by atoms with van der Waals surface area (Å²) in [6, 6.07) is 14.5. The molecule has 1 saturated heterocycles. The molecule has 1 fully saturated rings. The first kappa shape index (κ1) is 27.6. The first-order valence-corrected chi connectivity index (χ1v) is 13.1. The van der Waals surface area contributed by atoms with Gasteiger partial charge in [0.05, 0.1) is 11.0 Å². The van der Waals surface area contributed by atoms with Crippen LogP contribution in [0.1, 0.15) is 43.5 Å². The largest absolute Gasteiger partial charge is 0.350 e. The van der Waals surface area contributed by atoms with Crippen molar-refractivity contribution in [3.8, 4) is 0 Å². The molecule has 39 heavy (non-hydrogen) atoms. The number of carbonyl (C=O) groups is 4. The van der Waals surface area contributed by atoms with Gasteiger partial charge in [0.1, 0.15) is 0 Å². The Labute approximate surface area is 227 Å². The van der Waals surface area contributed by atoms with Gasteiger partial charge < -0.3 is 19.7 Å². The number of hydrogen-bond acceptors (Lipinski definition) is 5. The fourth-order valence-corrected chi connectivity index (χ4v) is 4.54. The average molecular weight is 531 g/mol. The summed E-state index contributed by atoms with van der Waals surface area (Å²) in [5.41, 5.74) is 2.62. The van der Waals surface area contributed by atoms with Crippen molar-refractivity contribution >= 4 is 46.3 Å². The highest BCUT2D eigenvalue weighted by Crippen LogP contribution is 2.26. The smallest absolute Gasteiger partial charge is 0.258 e. The van der Waals surface area contributed by atoms with Crippen LogP contribution in [-0.2, 0) is 20.9 Å². The number of amides is 4. The molecular formula is C29H34N6O4. The van der Waals surface area contributed by atoms with Crippen molar-refractivity contribution in [2.24, 2.45) is 0 Å². The first-order chi connectivity index (χ1) is 18.7. The van der Waals surface area contributed by atoms with Crippen molar-refractivity contribution in [1.82, 2.24) is 19.8 Å². The number of aromatic nitrogens is 2.